The second-order valence-electron chi connectivity index (χ2n) is 8.40. The zero-order valence-electron chi connectivity index (χ0n) is 17.6. The van der Waals surface area contributed by atoms with Gasteiger partial charge in [0.05, 0.1) is 13.3 Å². The van der Waals surface area contributed by atoms with Gasteiger partial charge in [-0.25, -0.2) is 0 Å². The molecule has 0 saturated carbocycles. The van der Waals surface area contributed by atoms with E-state index < -0.39 is 0 Å². The van der Waals surface area contributed by atoms with Gasteiger partial charge in [0.2, 0.25) is 0 Å². The molecule has 0 aromatic heterocycles. The Morgan fingerprint density at radius 2 is 1.00 bits per heavy atom. The third kappa shape index (κ3) is 12.0. The first kappa shape index (κ1) is 23.0. The zero-order valence-corrected chi connectivity index (χ0v) is 17.6. The average molecular weight is 354 g/mol. The van der Waals surface area contributed by atoms with Crippen LogP contribution in [-0.4, -0.2) is 18.9 Å². The van der Waals surface area contributed by atoms with Crippen LogP contribution >= 0.6 is 0 Å². The lowest BCUT2D eigenvalue weighted by Gasteiger charge is -2.28. The van der Waals surface area contributed by atoms with Gasteiger partial charge in [0.25, 0.3) is 0 Å². The summed E-state index contributed by atoms with van der Waals surface area (Å²) in [6, 6.07) is 0. The summed E-state index contributed by atoms with van der Waals surface area (Å²) in [5, 5.41) is 3.69. The normalized spacial score (nSPS) is 16.6. The van der Waals surface area contributed by atoms with Gasteiger partial charge < -0.3 is 4.74 Å². The average Bonchev–Trinajstić information content (AvgIpc) is 3.09. The minimum Gasteiger partial charge on any atom is -0.364 e. The van der Waals surface area contributed by atoms with E-state index in [1.807, 2.05) is 0 Å². The zero-order chi connectivity index (χ0) is 18.1. The number of unbranched alkanes of at least 4 members (excludes halogenated alkanes) is 14. The molecule has 1 rings (SSSR count). The minimum absolute atomic E-state index is 0.310. The first-order valence-corrected chi connectivity index (χ1v) is 11.7. The predicted molar refractivity (Wildman–Crippen MR) is 111 cm³/mol. The summed E-state index contributed by atoms with van der Waals surface area (Å²) in [6.07, 6.45) is 25.3. The van der Waals surface area contributed by atoms with Crippen LogP contribution in [0.15, 0.2) is 0 Å². The molecule has 0 atom stereocenters. The quantitative estimate of drug-likeness (QED) is 0.260. The SMILES string of the molecule is CCCCCCCCCCC1(CCCCCCCCCC)COCN1. The number of nitrogens with one attached hydrogen (secondary N) is 1. The standard InChI is InChI=1S/C23H47NO/c1-3-5-7-9-11-13-15-17-19-23(21-25-22-24-23)20-18-16-14-12-10-8-6-4-2/h24H,3-22H2,1-2H3. The molecule has 0 spiro atoms. The van der Waals surface area contributed by atoms with Crippen molar-refractivity contribution in [1.82, 2.24) is 5.32 Å². The highest BCUT2D eigenvalue weighted by Gasteiger charge is 2.32. The van der Waals surface area contributed by atoms with Crippen molar-refractivity contribution in [1.29, 1.82) is 0 Å². The number of rotatable bonds is 18. The molecule has 1 fully saturated rings. The van der Waals surface area contributed by atoms with Gasteiger partial charge in [-0.3, -0.25) is 5.32 Å². The van der Waals surface area contributed by atoms with Crippen LogP contribution < -0.4 is 5.32 Å². The third-order valence-corrected chi connectivity index (χ3v) is 5.95. The highest BCUT2D eigenvalue weighted by Crippen LogP contribution is 2.27. The summed E-state index contributed by atoms with van der Waals surface area (Å²) >= 11 is 0. The van der Waals surface area contributed by atoms with E-state index in [4.69, 9.17) is 4.74 Å². The molecule has 0 radical (unpaired) electrons. The van der Waals surface area contributed by atoms with Gasteiger partial charge in [-0.05, 0) is 12.8 Å². The monoisotopic (exact) mass is 353 g/mol. The molecule has 1 saturated heterocycles. The van der Waals surface area contributed by atoms with E-state index in [2.05, 4.69) is 19.2 Å². The Hall–Kier alpha value is -0.0800. The molecule has 1 aliphatic rings. The van der Waals surface area contributed by atoms with Crippen molar-refractivity contribution in [3.8, 4) is 0 Å². The van der Waals surface area contributed by atoms with Gasteiger partial charge in [-0.15, -0.1) is 0 Å². The highest BCUT2D eigenvalue weighted by molar-refractivity contribution is 4.90. The van der Waals surface area contributed by atoms with Crippen LogP contribution in [0.3, 0.4) is 0 Å². The van der Waals surface area contributed by atoms with Gasteiger partial charge in [0, 0.05) is 5.54 Å². The van der Waals surface area contributed by atoms with Crippen molar-refractivity contribution in [2.45, 2.75) is 135 Å². The molecule has 1 heterocycles. The van der Waals surface area contributed by atoms with Gasteiger partial charge >= 0.3 is 0 Å². The molecule has 2 heteroatoms. The van der Waals surface area contributed by atoms with Crippen LogP contribution in [0.1, 0.15) is 129 Å². The molecule has 0 amide bonds. The van der Waals surface area contributed by atoms with Crippen LogP contribution in [0.4, 0.5) is 0 Å². The third-order valence-electron chi connectivity index (χ3n) is 5.95. The molecule has 0 aliphatic carbocycles. The van der Waals surface area contributed by atoms with E-state index in [0.717, 1.165) is 13.3 Å². The van der Waals surface area contributed by atoms with Crippen molar-refractivity contribution in [3.05, 3.63) is 0 Å². The maximum absolute atomic E-state index is 5.69. The van der Waals surface area contributed by atoms with Crippen LogP contribution in [0.5, 0.6) is 0 Å². The second-order valence-corrected chi connectivity index (χ2v) is 8.40. The van der Waals surface area contributed by atoms with E-state index in [1.165, 1.54) is 116 Å². The Morgan fingerprint density at radius 1 is 0.600 bits per heavy atom. The summed E-state index contributed by atoms with van der Waals surface area (Å²) in [5.41, 5.74) is 0.310. The fourth-order valence-corrected chi connectivity index (χ4v) is 4.14. The summed E-state index contributed by atoms with van der Waals surface area (Å²) < 4.78 is 5.69. The van der Waals surface area contributed by atoms with Crippen molar-refractivity contribution in [2.75, 3.05) is 13.3 Å². The lowest BCUT2D eigenvalue weighted by Crippen LogP contribution is -2.42. The molecule has 0 aromatic carbocycles. The molecule has 150 valence electrons. The summed E-state index contributed by atoms with van der Waals surface area (Å²) in [5.74, 6) is 0. The van der Waals surface area contributed by atoms with Gasteiger partial charge in [0.15, 0.2) is 0 Å². The molecular weight excluding hydrogens is 306 g/mol. The van der Waals surface area contributed by atoms with E-state index in [1.54, 1.807) is 0 Å². The fraction of sp³-hybridized carbons (Fsp3) is 1.00. The molecule has 2 nitrogen and oxygen atoms in total. The molecule has 0 unspecified atom stereocenters. The maximum Gasteiger partial charge on any atom is 0.0971 e. The Bertz CT molecular complexity index is 251. The number of hydrogen-bond acceptors (Lipinski definition) is 2. The van der Waals surface area contributed by atoms with Crippen molar-refractivity contribution in [3.63, 3.8) is 0 Å². The van der Waals surface area contributed by atoms with E-state index >= 15 is 0 Å². The smallest absolute Gasteiger partial charge is 0.0971 e. The van der Waals surface area contributed by atoms with Crippen LogP contribution in [0.2, 0.25) is 0 Å². The van der Waals surface area contributed by atoms with Crippen molar-refractivity contribution < 1.29 is 4.74 Å². The predicted octanol–water partition coefficient (Wildman–Crippen LogP) is 7.36. The first-order valence-electron chi connectivity index (χ1n) is 11.7. The molecular formula is C23H47NO. The Kier molecular flexibility index (Phi) is 14.8. The van der Waals surface area contributed by atoms with Crippen LogP contribution in [-0.2, 0) is 4.74 Å². The molecule has 0 bridgehead atoms. The minimum atomic E-state index is 0.310. The van der Waals surface area contributed by atoms with Crippen LogP contribution in [0, 0.1) is 0 Å². The summed E-state index contributed by atoms with van der Waals surface area (Å²) in [6.45, 7) is 6.30. The highest BCUT2D eigenvalue weighted by atomic mass is 16.5. The molecule has 1 N–H and O–H groups in total. The maximum atomic E-state index is 5.69. The Morgan fingerprint density at radius 3 is 1.36 bits per heavy atom. The summed E-state index contributed by atoms with van der Waals surface area (Å²) in [7, 11) is 0. The van der Waals surface area contributed by atoms with Gasteiger partial charge in [-0.2, -0.15) is 0 Å². The van der Waals surface area contributed by atoms with Crippen molar-refractivity contribution in [2.24, 2.45) is 0 Å². The topological polar surface area (TPSA) is 21.3 Å². The van der Waals surface area contributed by atoms with Crippen LogP contribution in [0.25, 0.3) is 0 Å². The molecule has 1 aliphatic heterocycles. The fourth-order valence-electron chi connectivity index (χ4n) is 4.14. The number of ether oxygens (including phenoxy) is 1. The van der Waals surface area contributed by atoms with E-state index in [-0.39, 0.29) is 0 Å². The largest absolute Gasteiger partial charge is 0.364 e. The van der Waals surface area contributed by atoms with Gasteiger partial charge in [0.1, 0.15) is 0 Å². The second kappa shape index (κ2) is 16.1. The first-order chi connectivity index (χ1) is 12.3. The molecule has 0 aromatic rings. The number of hydrogen-bond donors (Lipinski definition) is 1. The molecule has 25 heavy (non-hydrogen) atoms. The lowest BCUT2D eigenvalue weighted by molar-refractivity contribution is 0.168. The van der Waals surface area contributed by atoms with Gasteiger partial charge in [-0.1, -0.05) is 117 Å². The lowest BCUT2D eigenvalue weighted by atomic mass is 9.87. The summed E-state index contributed by atoms with van der Waals surface area (Å²) in [4.78, 5) is 0. The van der Waals surface area contributed by atoms with Crippen molar-refractivity contribution >= 4 is 0 Å². The van der Waals surface area contributed by atoms with E-state index in [9.17, 15) is 0 Å². The van der Waals surface area contributed by atoms with E-state index in [0.29, 0.717) is 5.54 Å². The Balaban J connectivity index is 2.01. The Labute approximate surface area is 158 Å².